The van der Waals surface area contributed by atoms with E-state index in [9.17, 15) is 4.79 Å². The predicted octanol–water partition coefficient (Wildman–Crippen LogP) is 4.67. The minimum atomic E-state index is -0.124. The minimum Gasteiger partial charge on any atom is -0.497 e. The monoisotopic (exact) mass is 469 g/mol. The number of fused-ring (bicyclic) bond motifs is 1. The van der Waals surface area contributed by atoms with Crippen molar-refractivity contribution < 1.29 is 14.3 Å². The first kappa shape index (κ1) is 22.5. The Morgan fingerprint density at radius 2 is 1.66 bits per heavy atom. The van der Waals surface area contributed by atoms with E-state index in [4.69, 9.17) is 14.5 Å². The fourth-order valence-electron chi connectivity index (χ4n) is 4.28. The number of amides is 2. The number of hydrogen-bond donors (Lipinski definition) is 1. The second kappa shape index (κ2) is 9.89. The van der Waals surface area contributed by atoms with Crippen molar-refractivity contribution in [2.45, 2.75) is 0 Å². The lowest BCUT2D eigenvalue weighted by Crippen LogP contribution is -2.50. The summed E-state index contributed by atoms with van der Waals surface area (Å²) in [7, 11) is 3.28. The molecule has 8 nitrogen and oxygen atoms in total. The normalized spacial score (nSPS) is 13.5. The van der Waals surface area contributed by atoms with Crippen LogP contribution in [-0.4, -0.2) is 61.3 Å². The van der Waals surface area contributed by atoms with Crippen molar-refractivity contribution in [2.75, 3.05) is 50.6 Å². The molecule has 0 unspecified atom stereocenters. The zero-order valence-electron chi connectivity index (χ0n) is 19.8. The molecular formula is C27H27N5O3. The summed E-state index contributed by atoms with van der Waals surface area (Å²) in [5.41, 5.74) is 4.24. The summed E-state index contributed by atoms with van der Waals surface area (Å²) in [6.07, 6.45) is 3.50. The van der Waals surface area contributed by atoms with Crippen molar-refractivity contribution in [2.24, 2.45) is 0 Å². The third kappa shape index (κ3) is 4.82. The van der Waals surface area contributed by atoms with Crippen LogP contribution in [0.1, 0.15) is 0 Å². The van der Waals surface area contributed by atoms with Crippen molar-refractivity contribution in [3.05, 3.63) is 73.1 Å². The molecule has 35 heavy (non-hydrogen) atoms. The number of methoxy groups -OCH3 is 2. The lowest BCUT2D eigenvalue weighted by atomic mass is 10.1. The summed E-state index contributed by atoms with van der Waals surface area (Å²) in [6.45, 7) is 2.62. The minimum absolute atomic E-state index is 0.124. The second-order valence-corrected chi connectivity index (χ2v) is 8.29. The first-order valence-corrected chi connectivity index (χ1v) is 11.5. The molecule has 0 saturated carbocycles. The quantitative estimate of drug-likeness (QED) is 0.458. The topological polar surface area (TPSA) is 79.8 Å². The molecule has 1 aliphatic rings. The second-order valence-electron chi connectivity index (χ2n) is 8.29. The molecule has 3 heterocycles. The molecule has 5 rings (SSSR count). The maximum absolute atomic E-state index is 13.2. The number of ether oxygens (including phenoxy) is 2. The third-order valence-electron chi connectivity index (χ3n) is 6.18. The molecule has 1 aliphatic heterocycles. The Bertz CT molecular complexity index is 1320. The lowest BCUT2D eigenvalue weighted by molar-refractivity contribution is 0.208. The van der Waals surface area contributed by atoms with E-state index >= 15 is 0 Å². The Hall–Kier alpha value is -4.33. The number of nitrogens with one attached hydrogen (secondary N) is 1. The molecule has 2 aromatic carbocycles. The van der Waals surface area contributed by atoms with Crippen LogP contribution in [0.4, 0.5) is 16.2 Å². The number of pyridine rings is 2. The van der Waals surface area contributed by atoms with E-state index in [2.05, 4.69) is 15.2 Å². The summed E-state index contributed by atoms with van der Waals surface area (Å²) in [5.74, 6) is 1.49. The van der Waals surface area contributed by atoms with E-state index < -0.39 is 0 Å². The van der Waals surface area contributed by atoms with Gasteiger partial charge in [0, 0.05) is 73.4 Å². The fourth-order valence-corrected chi connectivity index (χ4v) is 4.28. The SMILES string of the molecule is COc1cc(OC)cc(N2CCN(C(=O)Nc3cc(-c4cccnc4)nc4ccccc34)CC2)c1. The van der Waals surface area contributed by atoms with Gasteiger partial charge in [-0.05, 0) is 24.3 Å². The van der Waals surface area contributed by atoms with Crippen LogP contribution in [0.25, 0.3) is 22.2 Å². The molecule has 0 bridgehead atoms. The highest BCUT2D eigenvalue weighted by atomic mass is 16.5. The van der Waals surface area contributed by atoms with Gasteiger partial charge in [0.1, 0.15) is 11.5 Å². The number of piperazine rings is 1. The van der Waals surface area contributed by atoms with E-state index in [1.165, 1.54) is 0 Å². The van der Waals surface area contributed by atoms with Crippen LogP contribution in [0.3, 0.4) is 0 Å². The largest absolute Gasteiger partial charge is 0.497 e. The van der Waals surface area contributed by atoms with Gasteiger partial charge in [-0.2, -0.15) is 0 Å². The highest BCUT2D eigenvalue weighted by Crippen LogP contribution is 2.30. The van der Waals surface area contributed by atoms with Crippen molar-refractivity contribution in [3.8, 4) is 22.8 Å². The number of carbonyl (C=O) groups excluding carboxylic acids is 1. The summed E-state index contributed by atoms with van der Waals surface area (Å²) in [5, 5.41) is 4.02. The number of anilines is 2. The molecule has 4 aromatic rings. The van der Waals surface area contributed by atoms with Crippen LogP contribution in [0.5, 0.6) is 11.5 Å². The molecule has 0 atom stereocenters. The van der Waals surface area contributed by atoms with Gasteiger partial charge in [0.15, 0.2) is 0 Å². The van der Waals surface area contributed by atoms with Gasteiger partial charge < -0.3 is 24.6 Å². The van der Waals surface area contributed by atoms with Crippen LogP contribution < -0.4 is 19.7 Å². The van der Waals surface area contributed by atoms with E-state index in [1.807, 2.05) is 65.6 Å². The molecule has 1 saturated heterocycles. The van der Waals surface area contributed by atoms with Gasteiger partial charge in [0.25, 0.3) is 0 Å². The number of rotatable bonds is 5. The van der Waals surface area contributed by atoms with Gasteiger partial charge in [-0.25, -0.2) is 9.78 Å². The Labute approximate surface area is 204 Å². The zero-order chi connectivity index (χ0) is 24.2. The standard InChI is InChI=1S/C27H27N5O3/c1-34-21-14-20(15-22(16-21)35-2)31-10-12-32(13-11-31)27(33)30-26-17-25(19-6-5-9-28-18-19)29-24-8-4-3-7-23(24)26/h3-9,14-18H,10-13H2,1-2H3,(H,29,30,33). The number of urea groups is 1. The smallest absolute Gasteiger partial charge is 0.321 e. The van der Waals surface area contributed by atoms with Gasteiger partial charge in [-0.15, -0.1) is 0 Å². The Balaban J connectivity index is 1.33. The molecule has 0 radical (unpaired) electrons. The first-order chi connectivity index (χ1) is 17.1. The molecule has 1 fully saturated rings. The fraction of sp³-hybridized carbons (Fsp3) is 0.222. The van der Waals surface area contributed by atoms with Gasteiger partial charge in [-0.3, -0.25) is 4.98 Å². The van der Waals surface area contributed by atoms with Gasteiger partial charge in [0.05, 0.1) is 31.1 Å². The third-order valence-corrected chi connectivity index (χ3v) is 6.18. The van der Waals surface area contributed by atoms with E-state index in [-0.39, 0.29) is 6.03 Å². The maximum atomic E-state index is 13.2. The van der Waals surface area contributed by atoms with Crippen LogP contribution in [-0.2, 0) is 0 Å². The van der Waals surface area contributed by atoms with Gasteiger partial charge in [0.2, 0.25) is 0 Å². The number of benzene rings is 2. The number of para-hydroxylation sites is 1. The van der Waals surface area contributed by atoms with Crippen molar-refractivity contribution >= 4 is 28.3 Å². The summed E-state index contributed by atoms with van der Waals surface area (Å²) in [6, 6.07) is 19.3. The highest BCUT2D eigenvalue weighted by molar-refractivity contribution is 6.01. The first-order valence-electron chi connectivity index (χ1n) is 11.5. The van der Waals surface area contributed by atoms with Gasteiger partial charge in [-0.1, -0.05) is 18.2 Å². The average molecular weight is 470 g/mol. The number of aromatic nitrogens is 2. The van der Waals surface area contributed by atoms with Crippen LogP contribution in [0, 0.1) is 0 Å². The number of nitrogens with zero attached hydrogens (tertiary/aromatic N) is 4. The number of hydrogen-bond acceptors (Lipinski definition) is 6. The van der Waals surface area contributed by atoms with E-state index in [0.717, 1.165) is 45.0 Å². The lowest BCUT2D eigenvalue weighted by Gasteiger charge is -2.36. The van der Waals surface area contributed by atoms with Crippen molar-refractivity contribution in [3.63, 3.8) is 0 Å². The Morgan fingerprint density at radius 1 is 0.914 bits per heavy atom. The summed E-state index contributed by atoms with van der Waals surface area (Å²) in [4.78, 5) is 26.3. The molecule has 2 aromatic heterocycles. The molecule has 8 heteroatoms. The van der Waals surface area contributed by atoms with Crippen LogP contribution in [0.2, 0.25) is 0 Å². The van der Waals surface area contributed by atoms with Crippen LogP contribution in [0.15, 0.2) is 73.1 Å². The van der Waals surface area contributed by atoms with E-state index in [1.54, 1.807) is 26.6 Å². The number of carbonyl (C=O) groups is 1. The molecule has 2 amide bonds. The Morgan fingerprint density at radius 3 is 2.34 bits per heavy atom. The van der Waals surface area contributed by atoms with Crippen LogP contribution >= 0.6 is 0 Å². The molecule has 0 spiro atoms. The predicted molar refractivity (Wildman–Crippen MR) is 137 cm³/mol. The molecule has 1 N–H and O–H groups in total. The summed E-state index contributed by atoms with van der Waals surface area (Å²) < 4.78 is 10.8. The zero-order valence-corrected chi connectivity index (χ0v) is 19.8. The van der Waals surface area contributed by atoms with Crippen molar-refractivity contribution in [1.82, 2.24) is 14.9 Å². The molecular weight excluding hydrogens is 442 g/mol. The average Bonchev–Trinajstić information content (AvgIpc) is 2.93. The molecule has 178 valence electrons. The van der Waals surface area contributed by atoms with Crippen molar-refractivity contribution in [1.29, 1.82) is 0 Å². The summed E-state index contributed by atoms with van der Waals surface area (Å²) >= 11 is 0. The maximum Gasteiger partial charge on any atom is 0.321 e. The van der Waals surface area contributed by atoms with Gasteiger partial charge >= 0.3 is 6.03 Å². The molecule has 0 aliphatic carbocycles. The Kier molecular flexibility index (Phi) is 6.34. The van der Waals surface area contributed by atoms with E-state index in [0.29, 0.717) is 26.2 Å². The highest BCUT2D eigenvalue weighted by Gasteiger charge is 2.23.